The van der Waals surface area contributed by atoms with Gasteiger partial charge in [-0.2, -0.15) is 5.10 Å². The third-order valence-corrected chi connectivity index (χ3v) is 6.42. The quantitative estimate of drug-likeness (QED) is 0.671. The second kappa shape index (κ2) is 5.22. The molecule has 4 heteroatoms. The summed E-state index contributed by atoms with van der Waals surface area (Å²) in [6.07, 6.45) is 8.08. The van der Waals surface area contributed by atoms with Gasteiger partial charge < -0.3 is 4.42 Å². The molecule has 0 atom stereocenters. The fourth-order valence-corrected chi connectivity index (χ4v) is 5.72. The monoisotopic (exact) mass is 314 g/mol. The molecule has 124 valence electrons. The molecule has 1 aromatic rings. The highest BCUT2D eigenvalue weighted by atomic mass is 16.3. The lowest BCUT2D eigenvalue weighted by Crippen LogP contribution is -2.49. The van der Waals surface area contributed by atoms with E-state index in [1.165, 1.54) is 38.5 Å². The number of nitrogens with one attached hydrogen (secondary N) is 1. The van der Waals surface area contributed by atoms with E-state index in [4.69, 9.17) is 4.42 Å². The van der Waals surface area contributed by atoms with E-state index in [1.54, 1.807) is 6.07 Å². The zero-order valence-electron chi connectivity index (χ0n) is 14.3. The van der Waals surface area contributed by atoms with Crippen LogP contribution in [0.15, 0.2) is 15.6 Å². The van der Waals surface area contributed by atoms with Gasteiger partial charge in [-0.25, -0.2) is 5.43 Å². The van der Waals surface area contributed by atoms with E-state index in [-0.39, 0.29) is 11.3 Å². The Labute approximate surface area is 137 Å². The van der Waals surface area contributed by atoms with Crippen LogP contribution in [0.2, 0.25) is 0 Å². The minimum atomic E-state index is -0.163. The first-order chi connectivity index (χ1) is 10.9. The molecule has 23 heavy (non-hydrogen) atoms. The summed E-state index contributed by atoms with van der Waals surface area (Å²) in [5.41, 5.74) is 4.74. The lowest BCUT2D eigenvalue weighted by molar-refractivity contribution is -0.0128. The molecule has 0 radical (unpaired) electrons. The number of hydrogen-bond donors (Lipinski definition) is 1. The molecule has 4 nitrogen and oxygen atoms in total. The summed E-state index contributed by atoms with van der Waals surface area (Å²) in [5, 5.41) is 4.52. The highest BCUT2D eigenvalue weighted by Crippen LogP contribution is 2.60. The molecule has 4 fully saturated rings. The number of aryl methyl sites for hydroxylation is 2. The van der Waals surface area contributed by atoms with Crippen molar-refractivity contribution in [3.63, 3.8) is 0 Å². The van der Waals surface area contributed by atoms with Crippen LogP contribution in [0.4, 0.5) is 0 Å². The molecule has 0 spiro atoms. The zero-order valence-corrected chi connectivity index (χ0v) is 14.3. The molecule has 4 bridgehead atoms. The normalized spacial score (nSPS) is 35.6. The third-order valence-electron chi connectivity index (χ3n) is 6.42. The van der Waals surface area contributed by atoms with Gasteiger partial charge in [-0.1, -0.05) is 0 Å². The summed E-state index contributed by atoms with van der Waals surface area (Å²) >= 11 is 0. The van der Waals surface area contributed by atoms with Crippen molar-refractivity contribution >= 4 is 11.6 Å². The Kier molecular flexibility index (Phi) is 3.40. The van der Waals surface area contributed by atoms with Crippen LogP contribution < -0.4 is 5.43 Å². The molecule has 4 aliphatic rings. The highest BCUT2D eigenvalue weighted by Gasteiger charge is 2.52. The average Bonchev–Trinajstić information content (AvgIpc) is 2.81. The Morgan fingerprint density at radius 2 is 1.74 bits per heavy atom. The molecule has 0 saturated heterocycles. The van der Waals surface area contributed by atoms with Crippen LogP contribution >= 0.6 is 0 Å². The van der Waals surface area contributed by atoms with Gasteiger partial charge in [-0.05, 0) is 83.1 Å². The maximum absolute atomic E-state index is 12.3. The van der Waals surface area contributed by atoms with Crippen LogP contribution in [-0.2, 0) is 0 Å². The molecular weight excluding hydrogens is 288 g/mol. The van der Waals surface area contributed by atoms with Crippen LogP contribution in [0.25, 0.3) is 0 Å². The van der Waals surface area contributed by atoms with E-state index in [0.29, 0.717) is 11.3 Å². The summed E-state index contributed by atoms with van der Waals surface area (Å²) in [6.45, 7) is 5.78. The van der Waals surface area contributed by atoms with E-state index in [1.807, 2.05) is 13.8 Å². The van der Waals surface area contributed by atoms with Gasteiger partial charge in [0.1, 0.15) is 11.5 Å². The van der Waals surface area contributed by atoms with Gasteiger partial charge in [-0.3, -0.25) is 4.79 Å². The molecule has 1 heterocycles. The Morgan fingerprint density at radius 3 is 2.22 bits per heavy atom. The maximum Gasteiger partial charge on any atom is 0.274 e. The predicted octanol–water partition coefficient (Wildman–Crippen LogP) is 4.22. The summed E-state index contributed by atoms with van der Waals surface area (Å²) in [6, 6.07) is 1.78. The second-order valence-electron chi connectivity index (χ2n) is 8.16. The number of carbonyl (C=O) groups is 1. The SMILES string of the molecule is C/C(=N/NC(=O)c1cc(C)oc1C)C12CC3CC(CC(C3)C1)C2. The molecule has 4 saturated carbocycles. The smallest absolute Gasteiger partial charge is 0.274 e. The fourth-order valence-electron chi connectivity index (χ4n) is 5.72. The van der Waals surface area contributed by atoms with Gasteiger partial charge >= 0.3 is 0 Å². The van der Waals surface area contributed by atoms with Crippen molar-refractivity contribution in [3.8, 4) is 0 Å². The van der Waals surface area contributed by atoms with Gasteiger partial charge in [0, 0.05) is 11.1 Å². The highest BCUT2D eigenvalue weighted by molar-refractivity contribution is 5.97. The molecule has 0 unspecified atom stereocenters. The Hall–Kier alpha value is -1.58. The molecule has 0 aromatic carbocycles. The maximum atomic E-state index is 12.3. The fraction of sp³-hybridized carbons (Fsp3) is 0.684. The number of furan rings is 1. The van der Waals surface area contributed by atoms with Gasteiger partial charge in [0.15, 0.2) is 0 Å². The van der Waals surface area contributed by atoms with E-state index < -0.39 is 0 Å². The van der Waals surface area contributed by atoms with E-state index in [0.717, 1.165) is 29.2 Å². The number of amides is 1. The minimum Gasteiger partial charge on any atom is -0.466 e. The topological polar surface area (TPSA) is 54.6 Å². The van der Waals surface area contributed by atoms with Crippen molar-refractivity contribution in [2.75, 3.05) is 0 Å². The molecule has 1 N–H and O–H groups in total. The number of nitrogens with zero attached hydrogens (tertiary/aromatic N) is 1. The number of rotatable bonds is 3. The Morgan fingerprint density at radius 1 is 1.17 bits per heavy atom. The van der Waals surface area contributed by atoms with Gasteiger partial charge in [0.05, 0.1) is 5.56 Å². The lowest BCUT2D eigenvalue weighted by atomic mass is 9.48. The Balaban J connectivity index is 1.50. The number of hydrazone groups is 1. The van der Waals surface area contributed by atoms with E-state index in [9.17, 15) is 4.79 Å². The summed E-state index contributed by atoms with van der Waals surface area (Å²) < 4.78 is 5.43. The van der Waals surface area contributed by atoms with Crippen LogP contribution in [0, 0.1) is 37.0 Å². The standard InChI is InChI=1S/C19H26N2O2/c1-11-4-17(12(2)23-11)18(22)21-20-13(3)19-8-14-5-15(9-19)7-16(6-14)10-19/h4,14-16H,5-10H2,1-3H3,(H,21,22)/b20-13-. The summed E-state index contributed by atoms with van der Waals surface area (Å²) in [4.78, 5) is 12.3. The first-order valence-electron chi connectivity index (χ1n) is 8.87. The zero-order chi connectivity index (χ0) is 16.2. The van der Waals surface area contributed by atoms with Gasteiger partial charge in [-0.15, -0.1) is 0 Å². The molecular formula is C19H26N2O2. The minimum absolute atomic E-state index is 0.163. The van der Waals surface area contributed by atoms with E-state index in [2.05, 4.69) is 17.5 Å². The van der Waals surface area contributed by atoms with Crippen molar-refractivity contribution < 1.29 is 9.21 Å². The predicted molar refractivity (Wildman–Crippen MR) is 89.4 cm³/mol. The summed E-state index contributed by atoms with van der Waals surface area (Å²) in [5.74, 6) is 3.92. The van der Waals surface area contributed by atoms with E-state index >= 15 is 0 Å². The van der Waals surface area contributed by atoms with Crippen LogP contribution in [0.1, 0.15) is 67.3 Å². The third kappa shape index (κ3) is 2.52. The van der Waals surface area contributed by atoms with Gasteiger partial charge in [0.2, 0.25) is 0 Å². The molecule has 1 aromatic heterocycles. The van der Waals surface area contributed by atoms with Crippen molar-refractivity contribution in [2.24, 2.45) is 28.3 Å². The molecule has 0 aliphatic heterocycles. The summed E-state index contributed by atoms with van der Waals surface area (Å²) in [7, 11) is 0. The van der Waals surface area contributed by atoms with Crippen molar-refractivity contribution in [3.05, 3.63) is 23.2 Å². The first-order valence-corrected chi connectivity index (χ1v) is 8.87. The number of hydrogen-bond acceptors (Lipinski definition) is 3. The number of carbonyl (C=O) groups excluding carboxylic acids is 1. The molecule has 4 aliphatic carbocycles. The van der Waals surface area contributed by atoms with Crippen LogP contribution in [-0.4, -0.2) is 11.6 Å². The average molecular weight is 314 g/mol. The Bertz CT molecular complexity index is 636. The lowest BCUT2D eigenvalue weighted by Gasteiger charge is -2.56. The largest absolute Gasteiger partial charge is 0.466 e. The second-order valence-corrected chi connectivity index (χ2v) is 8.16. The first kappa shape index (κ1) is 15.0. The van der Waals surface area contributed by atoms with Crippen molar-refractivity contribution in [1.29, 1.82) is 0 Å². The van der Waals surface area contributed by atoms with Crippen LogP contribution in [0.5, 0.6) is 0 Å². The molecule has 5 rings (SSSR count). The van der Waals surface area contributed by atoms with Crippen molar-refractivity contribution in [1.82, 2.24) is 5.43 Å². The molecule has 1 amide bonds. The van der Waals surface area contributed by atoms with Gasteiger partial charge in [0.25, 0.3) is 5.91 Å². The van der Waals surface area contributed by atoms with Crippen molar-refractivity contribution in [2.45, 2.75) is 59.3 Å². The van der Waals surface area contributed by atoms with Crippen LogP contribution in [0.3, 0.4) is 0 Å².